The Hall–Kier alpha value is -2.42. The number of hydrogen-bond acceptors (Lipinski definition) is 4. The number of piperidine rings is 1. The van der Waals surface area contributed by atoms with Crippen molar-refractivity contribution in [2.24, 2.45) is 0 Å². The van der Waals surface area contributed by atoms with E-state index in [0.29, 0.717) is 5.56 Å². The summed E-state index contributed by atoms with van der Waals surface area (Å²) in [7, 11) is 2.03. The summed E-state index contributed by atoms with van der Waals surface area (Å²) in [5.74, 6) is -0.347. The van der Waals surface area contributed by atoms with Gasteiger partial charge in [0.2, 0.25) is 0 Å². The molecule has 1 saturated heterocycles. The lowest BCUT2D eigenvalue weighted by Crippen LogP contribution is -2.47. The fraction of sp³-hybridized carbons (Fsp3) is 0.333. The molecule has 1 N–H and O–H groups in total. The van der Waals surface area contributed by atoms with Gasteiger partial charge in [0.25, 0.3) is 5.91 Å². The molecule has 2 aromatic carbocycles. The van der Waals surface area contributed by atoms with Crippen LogP contribution in [0.5, 0.6) is 0 Å². The minimum atomic E-state index is -1.06. The summed E-state index contributed by atoms with van der Waals surface area (Å²) in [6, 6.07) is 16.5. The van der Waals surface area contributed by atoms with Crippen LogP contribution >= 0.6 is 23.2 Å². The zero-order chi connectivity index (χ0) is 19.8. The molecule has 0 aliphatic carbocycles. The Morgan fingerprint density at radius 1 is 1.21 bits per heavy atom. The number of rotatable bonds is 2. The van der Waals surface area contributed by atoms with Crippen LogP contribution in [-0.2, 0) is 4.79 Å². The topological polar surface area (TPSA) is 59.4 Å². The SMILES string of the molecule is CN1c2ccccc2[C@@H]2C[C@@H](NC(=O)C(Cl)Cl)CCN2c2ccc(C#N)cc21. The molecule has 2 aliphatic heterocycles. The van der Waals surface area contributed by atoms with E-state index in [0.717, 1.165) is 36.4 Å². The number of nitrogens with zero attached hydrogens (tertiary/aromatic N) is 3. The van der Waals surface area contributed by atoms with Gasteiger partial charge in [-0.25, -0.2) is 0 Å². The van der Waals surface area contributed by atoms with Crippen LogP contribution in [0.1, 0.15) is 30.0 Å². The maximum absolute atomic E-state index is 12.0. The van der Waals surface area contributed by atoms with Crippen LogP contribution in [0.25, 0.3) is 0 Å². The number of hydrogen-bond donors (Lipinski definition) is 1. The van der Waals surface area contributed by atoms with Crippen molar-refractivity contribution in [2.75, 3.05) is 23.4 Å². The molecule has 2 heterocycles. The maximum Gasteiger partial charge on any atom is 0.253 e. The summed E-state index contributed by atoms with van der Waals surface area (Å²) in [4.78, 5) is 15.4. The number of nitrogens with one attached hydrogen (secondary N) is 1. The van der Waals surface area contributed by atoms with E-state index < -0.39 is 4.84 Å². The summed E-state index contributed by atoms with van der Waals surface area (Å²) in [5, 5.41) is 12.3. The van der Waals surface area contributed by atoms with Crippen LogP contribution in [0.4, 0.5) is 17.1 Å². The number of carbonyl (C=O) groups is 1. The Kier molecular flexibility index (Phi) is 5.09. The molecule has 1 fully saturated rings. The number of carbonyl (C=O) groups excluding carboxylic acids is 1. The van der Waals surface area contributed by atoms with E-state index in [2.05, 4.69) is 33.3 Å². The number of fused-ring (bicyclic) bond motifs is 5. The van der Waals surface area contributed by atoms with Crippen LogP contribution in [0, 0.1) is 11.3 Å². The molecule has 0 aromatic heterocycles. The Labute approximate surface area is 174 Å². The van der Waals surface area contributed by atoms with Gasteiger partial charge in [-0.05, 0) is 42.7 Å². The van der Waals surface area contributed by atoms with E-state index in [1.807, 2.05) is 37.4 Å². The van der Waals surface area contributed by atoms with Crippen molar-refractivity contribution in [1.82, 2.24) is 5.32 Å². The van der Waals surface area contributed by atoms with Crippen LogP contribution in [0.3, 0.4) is 0 Å². The molecule has 0 unspecified atom stereocenters. The number of amides is 1. The van der Waals surface area contributed by atoms with Crippen molar-refractivity contribution in [3.05, 3.63) is 53.6 Å². The zero-order valence-corrected chi connectivity index (χ0v) is 16.9. The van der Waals surface area contributed by atoms with Crippen molar-refractivity contribution in [2.45, 2.75) is 29.8 Å². The monoisotopic (exact) mass is 414 g/mol. The molecule has 2 aromatic rings. The molecule has 28 heavy (non-hydrogen) atoms. The first-order valence-electron chi connectivity index (χ1n) is 9.21. The van der Waals surface area contributed by atoms with Gasteiger partial charge in [0.1, 0.15) is 0 Å². The van der Waals surface area contributed by atoms with Gasteiger partial charge >= 0.3 is 0 Å². The predicted octanol–water partition coefficient (Wildman–Crippen LogP) is 4.27. The predicted molar refractivity (Wildman–Crippen MR) is 112 cm³/mol. The first kappa shape index (κ1) is 18.9. The standard InChI is InChI=1S/C21H20Cl2N4O/c1-26-16-5-3-2-4-15(16)18-11-14(25-21(28)20(22)23)8-9-27(18)17-7-6-13(12-24)10-19(17)26/h2-7,10,14,18,20H,8-9,11H2,1H3,(H,25,28)/t14-,18-/m0/s1. The third-order valence-corrected chi connectivity index (χ3v) is 5.98. The summed E-state index contributed by atoms with van der Waals surface area (Å²) in [6.07, 6.45) is 1.56. The lowest BCUT2D eigenvalue weighted by Gasteiger charge is -2.41. The van der Waals surface area contributed by atoms with E-state index in [1.54, 1.807) is 0 Å². The van der Waals surface area contributed by atoms with Gasteiger partial charge in [0.05, 0.1) is 29.0 Å². The molecule has 0 saturated carbocycles. The number of halogens is 2. The Morgan fingerprint density at radius 2 is 2.00 bits per heavy atom. The van der Waals surface area contributed by atoms with Crippen molar-refractivity contribution in [1.29, 1.82) is 5.26 Å². The minimum Gasteiger partial charge on any atom is -0.363 e. The Balaban J connectivity index is 1.77. The lowest BCUT2D eigenvalue weighted by molar-refractivity contribution is -0.120. The van der Waals surface area contributed by atoms with E-state index in [-0.39, 0.29) is 18.0 Å². The molecular weight excluding hydrogens is 395 g/mol. The van der Waals surface area contributed by atoms with Gasteiger partial charge in [-0.2, -0.15) is 5.26 Å². The van der Waals surface area contributed by atoms with Gasteiger partial charge in [-0.1, -0.05) is 41.4 Å². The molecule has 2 aliphatic rings. The van der Waals surface area contributed by atoms with Crippen molar-refractivity contribution in [3.63, 3.8) is 0 Å². The van der Waals surface area contributed by atoms with Crippen molar-refractivity contribution < 1.29 is 4.79 Å². The highest BCUT2D eigenvalue weighted by Gasteiger charge is 2.36. The maximum atomic E-state index is 12.0. The van der Waals surface area contributed by atoms with Gasteiger partial charge in [0, 0.05) is 25.3 Å². The first-order valence-corrected chi connectivity index (χ1v) is 10.1. The summed E-state index contributed by atoms with van der Waals surface area (Å²) in [5.41, 5.74) is 5.05. The fourth-order valence-corrected chi connectivity index (χ4v) is 4.38. The normalized spacial score (nSPS) is 20.5. The first-order chi connectivity index (χ1) is 13.5. The van der Waals surface area contributed by atoms with Gasteiger partial charge in [-0.3, -0.25) is 4.79 Å². The zero-order valence-electron chi connectivity index (χ0n) is 15.4. The molecule has 5 nitrogen and oxygen atoms in total. The van der Waals surface area contributed by atoms with Crippen LogP contribution < -0.4 is 15.1 Å². The highest BCUT2D eigenvalue weighted by atomic mass is 35.5. The average molecular weight is 415 g/mol. The largest absolute Gasteiger partial charge is 0.363 e. The second kappa shape index (κ2) is 7.54. The van der Waals surface area contributed by atoms with E-state index in [4.69, 9.17) is 23.2 Å². The van der Waals surface area contributed by atoms with Gasteiger partial charge in [0.15, 0.2) is 4.84 Å². The highest BCUT2D eigenvalue weighted by molar-refractivity contribution is 6.53. The second-order valence-electron chi connectivity index (χ2n) is 7.17. The number of anilines is 3. The smallest absolute Gasteiger partial charge is 0.253 e. The number of para-hydroxylation sites is 1. The number of nitriles is 1. The summed E-state index contributed by atoms with van der Waals surface area (Å²) in [6.45, 7) is 0.784. The molecular formula is C21H20Cl2N4O. The third-order valence-electron chi connectivity index (χ3n) is 5.58. The van der Waals surface area contributed by atoms with Crippen LogP contribution in [-0.4, -0.2) is 30.4 Å². The lowest BCUT2D eigenvalue weighted by atomic mass is 9.90. The van der Waals surface area contributed by atoms with E-state index >= 15 is 0 Å². The molecule has 0 spiro atoms. The number of alkyl halides is 2. The Bertz CT molecular complexity index is 956. The third kappa shape index (κ3) is 3.28. The molecule has 0 radical (unpaired) electrons. The average Bonchev–Trinajstić information content (AvgIpc) is 2.81. The molecule has 0 bridgehead atoms. The summed E-state index contributed by atoms with van der Waals surface area (Å²) >= 11 is 11.4. The highest BCUT2D eigenvalue weighted by Crippen LogP contribution is 2.47. The van der Waals surface area contributed by atoms with Crippen LogP contribution in [0.15, 0.2) is 42.5 Å². The molecule has 144 valence electrons. The second-order valence-corrected chi connectivity index (χ2v) is 8.27. The fourth-order valence-electron chi connectivity index (χ4n) is 4.25. The van der Waals surface area contributed by atoms with Gasteiger partial charge < -0.3 is 15.1 Å². The van der Waals surface area contributed by atoms with Gasteiger partial charge in [-0.15, -0.1) is 0 Å². The number of benzene rings is 2. The van der Waals surface area contributed by atoms with Crippen molar-refractivity contribution >= 4 is 46.2 Å². The van der Waals surface area contributed by atoms with E-state index in [1.165, 1.54) is 5.56 Å². The van der Waals surface area contributed by atoms with E-state index in [9.17, 15) is 10.1 Å². The molecule has 1 amide bonds. The summed E-state index contributed by atoms with van der Waals surface area (Å²) < 4.78 is 0. The van der Waals surface area contributed by atoms with Crippen molar-refractivity contribution in [3.8, 4) is 6.07 Å². The Morgan fingerprint density at radius 3 is 2.75 bits per heavy atom. The minimum absolute atomic E-state index is 0.00652. The molecule has 7 heteroatoms. The molecule has 2 atom stereocenters. The molecule has 4 rings (SSSR count). The quantitative estimate of drug-likeness (QED) is 0.745. The van der Waals surface area contributed by atoms with Crippen LogP contribution in [0.2, 0.25) is 0 Å².